The second-order valence-corrected chi connectivity index (χ2v) is 10.4. The molecule has 0 fully saturated rings. The van der Waals surface area contributed by atoms with Gasteiger partial charge in [0.1, 0.15) is 8.42 Å². The summed E-state index contributed by atoms with van der Waals surface area (Å²) in [5.41, 5.74) is 0.439. The number of thiophene rings is 1. The van der Waals surface area contributed by atoms with Crippen LogP contribution in [0, 0.1) is 0 Å². The molecule has 0 saturated carbocycles. The molecule has 0 bridgehead atoms. The van der Waals surface area contributed by atoms with Crippen LogP contribution in [0.15, 0.2) is 14.5 Å². The third-order valence-corrected chi connectivity index (χ3v) is 8.53. The molecule has 1 aromatic rings. The van der Waals surface area contributed by atoms with Crippen LogP contribution in [0.4, 0.5) is 0 Å². The van der Waals surface area contributed by atoms with Gasteiger partial charge in [0.05, 0.1) is 6.10 Å². The molecule has 1 aliphatic heterocycles. The number of fused-ring (bicyclic) bond motifs is 1. The van der Waals surface area contributed by atoms with Crippen LogP contribution in [-0.4, -0.2) is 52.0 Å². The molecule has 2 unspecified atom stereocenters. The monoisotopic (exact) mass is 383 g/mol. The average Bonchev–Trinajstić information content (AvgIpc) is 2.87. The predicted molar refractivity (Wildman–Crippen MR) is 87.2 cm³/mol. The van der Waals surface area contributed by atoms with Gasteiger partial charge in [0.15, 0.2) is 0 Å². The Labute approximate surface area is 140 Å². The zero-order chi connectivity index (χ0) is 17.4. The van der Waals surface area contributed by atoms with Crippen molar-refractivity contribution < 1.29 is 21.9 Å². The Kier molecular flexibility index (Phi) is 5.51. The van der Waals surface area contributed by atoms with Gasteiger partial charge < -0.3 is 10.4 Å². The third kappa shape index (κ3) is 3.92. The quantitative estimate of drug-likeness (QED) is 0.625. The first-order valence-electron chi connectivity index (χ1n) is 7.15. The van der Waals surface area contributed by atoms with Crippen LogP contribution in [0.5, 0.6) is 0 Å². The molecule has 1 aliphatic rings. The molecule has 23 heavy (non-hydrogen) atoms. The number of aliphatic hydroxyl groups excluding tert-OH is 1. The van der Waals surface area contributed by atoms with Crippen molar-refractivity contribution in [3.63, 3.8) is 0 Å². The van der Waals surface area contributed by atoms with Crippen molar-refractivity contribution in [3.05, 3.63) is 11.6 Å². The molecule has 132 valence electrons. The second-order valence-electron chi connectivity index (χ2n) is 5.46. The molecule has 0 radical (unpaired) electrons. The molecule has 0 amide bonds. The van der Waals surface area contributed by atoms with Crippen LogP contribution in [0.1, 0.15) is 31.9 Å². The van der Waals surface area contributed by atoms with Gasteiger partial charge in [-0.15, -0.1) is 11.3 Å². The van der Waals surface area contributed by atoms with Gasteiger partial charge in [0.25, 0.3) is 10.0 Å². The summed E-state index contributed by atoms with van der Waals surface area (Å²) in [6.07, 6.45) is -0.312. The van der Waals surface area contributed by atoms with E-state index in [2.05, 4.69) is 5.32 Å². The van der Waals surface area contributed by atoms with E-state index in [0.717, 1.165) is 0 Å². The summed E-state index contributed by atoms with van der Waals surface area (Å²) in [5.74, 6) is 0. The van der Waals surface area contributed by atoms with Crippen molar-refractivity contribution in [1.29, 1.82) is 0 Å². The molecule has 2 atom stereocenters. The van der Waals surface area contributed by atoms with Gasteiger partial charge in [-0.25, -0.2) is 22.0 Å². The highest BCUT2D eigenvalue weighted by Crippen LogP contribution is 2.39. The van der Waals surface area contributed by atoms with Crippen molar-refractivity contribution >= 4 is 31.4 Å². The van der Waals surface area contributed by atoms with Crippen LogP contribution >= 0.6 is 11.3 Å². The van der Waals surface area contributed by atoms with Gasteiger partial charge in [-0.1, -0.05) is 6.92 Å². The van der Waals surface area contributed by atoms with Crippen molar-refractivity contribution in [2.45, 2.75) is 40.8 Å². The minimum atomic E-state index is -3.96. The van der Waals surface area contributed by atoms with Crippen LogP contribution in [0.3, 0.4) is 0 Å². The summed E-state index contributed by atoms with van der Waals surface area (Å²) in [7, 11) is -7.75. The Morgan fingerprint density at radius 3 is 2.74 bits per heavy atom. The fourth-order valence-corrected chi connectivity index (χ4v) is 6.71. The van der Waals surface area contributed by atoms with E-state index in [9.17, 15) is 21.9 Å². The van der Waals surface area contributed by atoms with Gasteiger partial charge >= 0.3 is 0 Å². The number of likely N-dealkylation sites (N-methyl/N-ethyl adjacent to an activating group) is 1. The first-order chi connectivity index (χ1) is 10.6. The Hall–Kier alpha value is -0.560. The molecule has 11 heteroatoms. The maximum absolute atomic E-state index is 12.7. The van der Waals surface area contributed by atoms with E-state index in [1.165, 1.54) is 10.4 Å². The molecule has 4 N–H and O–H groups in total. The van der Waals surface area contributed by atoms with E-state index in [-0.39, 0.29) is 27.5 Å². The fraction of sp³-hybridized carbons (Fsp3) is 0.667. The number of sulfonamides is 2. The molecule has 0 aliphatic carbocycles. The van der Waals surface area contributed by atoms with Gasteiger partial charge in [0, 0.05) is 24.7 Å². The Morgan fingerprint density at radius 2 is 2.22 bits per heavy atom. The SMILES string of the molecule is CCNC1CN(CCC(C)O)S(=O)(=O)c2sc(S(N)(=O)=O)cc21. The molecule has 2 heterocycles. The number of primary sulfonamides is 1. The topological polar surface area (TPSA) is 130 Å². The van der Waals surface area contributed by atoms with Crippen molar-refractivity contribution in [3.8, 4) is 0 Å². The van der Waals surface area contributed by atoms with Crippen LogP contribution in [0.2, 0.25) is 0 Å². The van der Waals surface area contributed by atoms with E-state index in [1.807, 2.05) is 6.92 Å². The maximum Gasteiger partial charge on any atom is 0.252 e. The summed E-state index contributed by atoms with van der Waals surface area (Å²) in [6, 6.07) is 1.03. The lowest BCUT2D eigenvalue weighted by atomic mass is 10.1. The van der Waals surface area contributed by atoms with E-state index in [0.29, 0.717) is 29.9 Å². The summed E-state index contributed by atoms with van der Waals surface area (Å²) < 4.78 is 49.6. The summed E-state index contributed by atoms with van der Waals surface area (Å²) >= 11 is 0.672. The highest BCUT2D eigenvalue weighted by Gasteiger charge is 2.39. The number of aliphatic hydroxyl groups is 1. The molecule has 1 aromatic heterocycles. The van der Waals surface area contributed by atoms with Gasteiger partial charge in [-0.3, -0.25) is 0 Å². The standard InChI is InChI=1S/C12H21N3O5S3/c1-3-14-10-7-15(5-4-8(2)16)23(19,20)12-9(10)6-11(21-12)22(13,17)18/h6,8,10,14,16H,3-5,7H2,1-2H3,(H2,13,17,18). The fourth-order valence-electron chi connectivity index (χ4n) is 2.43. The lowest BCUT2D eigenvalue weighted by molar-refractivity contribution is 0.172. The normalized spacial score (nSPS) is 22.7. The lowest BCUT2D eigenvalue weighted by Gasteiger charge is -2.32. The largest absolute Gasteiger partial charge is 0.393 e. The molecule has 0 spiro atoms. The summed E-state index contributed by atoms with van der Waals surface area (Å²) in [4.78, 5) is 0. The van der Waals surface area contributed by atoms with Crippen LogP contribution in [0.25, 0.3) is 0 Å². The van der Waals surface area contributed by atoms with Crippen LogP contribution in [-0.2, 0) is 20.0 Å². The average molecular weight is 384 g/mol. The molecule has 0 aromatic carbocycles. The zero-order valence-electron chi connectivity index (χ0n) is 12.9. The predicted octanol–water partition coefficient (Wildman–Crippen LogP) is -0.179. The van der Waals surface area contributed by atoms with Crippen molar-refractivity contribution in [1.82, 2.24) is 9.62 Å². The number of hydrogen-bond donors (Lipinski definition) is 3. The van der Waals surface area contributed by atoms with Gasteiger partial charge in [-0.05, 0) is 26.0 Å². The molecular formula is C12H21N3O5S3. The zero-order valence-corrected chi connectivity index (χ0v) is 15.3. The van der Waals surface area contributed by atoms with Crippen molar-refractivity contribution in [2.24, 2.45) is 5.14 Å². The van der Waals surface area contributed by atoms with E-state index < -0.39 is 26.2 Å². The van der Waals surface area contributed by atoms with E-state index in [1.54, 1.807) is 6.92 Å². The Balaban J connectivity index is 2.49. The first-order valence-corrected chi connectivity index (χ1v) is 11.0. The van der Waals surface area contributed by atoms with E-state index >= 15 is 0 Å². The number of hydrogen-bond acceptors (Lipinski definition) is 7. The lowest BCUT2D eigenvalue weighted by Crippen LogP contribution is -2.44. The van der Waals surface area contributed by atoms with Gasteiger partial charge in [-0.2, -0.15) is 4.31 Å². The Bertz CT molecular complexity index is 770. The minimum absolute atomic E-state index is 0.00400. The van der Waals surface area contributed by atoms with Gasteiger partial charge in [0.2, 0.25) is 10.0 Å². The molecular weight excluding hydrogens is 362 g/mol. The number of rotatable bonds is 6. The maximum atomic E-state index is 12.7. The highest BCUT2D eigenvalue weighted by atomic mass is 32.3. The summed E-state index contributed by atoms with van der Waals surface area (Å²) in [5, 5.41) is 17.7. The molecule has 2 rings (SSSR count). The minimum Gasteiger partial charge on any atom is -0.393 e. The third-order valence-electron chi connectivity index (χ3n) is 3.57. The first kappa shape index (κ1) is 18.8. The van der Waals surface area contributed by atoms with Crippen molar-refractivity contribution in [2.75, 3.05) is 19.6 Å². The second kappa shape index (κ2) is 6.75. The summed E-state index contributed by atoms with van der Waals surface area (Å²) in [6.45, 7) is 4.44. The van der Waals surface area contributed by atoms with E-state index in [4.69, 9.17) is 5.14 Å². The number of nitrogens with two attached hydrogens (primary N) is 1. The molecule has 0 saturated heterocycles. The molecule has 8 nitrogen and oxygen atoms in total. The smallest absolute Gasteiger partial charge is 0.252 e. The number of nitrogens with one attached hydrogen (secondary N) is 1. The van der Waals surface area contributed by atoms with Crippen LogP contribution < -0.4 is 10.5 Å². The highest BCUT2D eigenvalue weighted by molar-refractivity contribution is 7.94. The number of nitrogens with zero attached hydrogens (tertiary/aromatic N) is 1. The Morgan fingerprint density at radius 1 is 1.57 bits per heavy atom.